The molecule has 0 aliphatic rings. The van der Waals surface area contributed by atoms with Gasteiger partial charge in [0.05, 0.1) is 11.9 Å². The average Bonchev–Trinajstić information content (AvgIpc) is 2.37. The lowest BCUT2D eigenvalue weighted by atomic mass is 10.1. The maximum Gasteiger partial charge on any atom is 0.304 e. The fraction of sp³-hybridized carbons (Fsp3) is 0.333. The first-order valence-corrected chi connectivity index (χ1v) is 6.79. The molecule has 0 unspecified atom stereocenters. The van der Waals surface area contributed by atoms with E-state index in [2.05, 4.69) is 4.98 Å². The summed E-state index contributed by atoms with van der Waals surface area (Å²) >= 11 is 6.21. The lowest BCUT2D eigenvalue weighted by molar-refractivity contribution is -0.137. The summed E-state index contributed by atoms with van der Waals surface area (Å²) in [5.74, 6) is -0.796. The number of aryl methyl sites for hydroxylation is 1. The number of fused-ring (bicyclic) bond motifs is 1. The van der Waals surface area contributed by atoms with Crippen molar-refractivity contribution < 1.29 is 9.90 Å². The lowest BCUT2D eigenvalue weighted by Crippen LogP contribution is -2.21. The Hall–Kier alpha value is -1.65. The topological polar surface area (TPSA) is 53.4 Å². The first-order chi connectivity index (χ1) is 9.45. The molecular weight excluding hydrogens is 276 g/mol. The van der Waals surface area contributed by atoms with Gasteiger partial charge in [-0.05, 0) is 31.7 Å². The summed E-state index contributed by atoms with van der Waals surface area (Å²) in [6, 6.07) is 8.07. The molecule has 5 heteroatoms. The zero-order chi connectivity index (χ0) is 14.7. The monoisotopic (exact) mass is 292 g/mol. The molecule has 1 aromatic carbocycles. The van der Waals surface area contributed by atoms with Crippen molar-refractivity contribution in [2.75, 3.05) is 13.6 Å². The van der Waals surface area contributed by atoms with Gasteiger partial charge in [0, 0.05) is 24.0 Å². The Morgan fingerprint density at radius 2 is 2.15 bits per heavy atom. The van der Waals surface area contributed by atoms with Gasteiger partial charge in [0.2, 0.25) is 0 Å². The Bertz CT molecular complexity index is 643. The number of aromatic nitrogens is 1. The first-order valence-electron chi connectivity index (χ1n) is 6.42. The van der Waals surface area contributed by atoms with Crippen LogP contribution < -0.4 is 0 Å². The largest absolute Gasteiger partial charge is 0.481 e. The third-order valence-electron chi connectivity index (χ3n) is 3.15. The Morgan fingerprint density at radius 3 is 2.85 bits per heavy atom. The normalized spacial score (nSPS) is 11.2. The molecular formula is C15H17ClN2O2. The van der Waals surface area contributed by atoms with Gasteiger partial charge in [0.1, 0.15) is 5.15 Å². The van der Waals surface area contributed by atoms with Gasteiger partial charge in [0.15, 0.2) is 0 Å². The van der Waals surface area contributed by atoms with Crippen molar-refractivity contribution in [1.29, 1.82) is 0 Å². The van der Waals surface area contributed by atoms with Gasteiger partial charge in [0.25, 0.3) is 0 Å². The summed E-state index contributed by atoms with van der Waals surface area (Å²) < 4.78 is 0. The van der Waals surface area contributed by atoms with E-state index in [-0.39, 0.29) is 6.42 Å². The number of pyridine rings is 1. The average molecular weight is 293 g/mol. The Kier molecular flexibility index (Phi) is 4.57. The van der Waals surface area contributed by atoms with E-state index >= 15 is 0 Å². The summed E-state index contributed by atoms with van der Waals surface area (Å²) in [7, 11) is 1.87. The van der Waals surface area contributed by atoms with Gasteiger partial charge in [-0.1, -0.05) is 23.7 Å². The van der Waals surface area contributed by atoms with Crippen molar-refractivity contribution in [2.45, 2.75) is 19.9 Å². The van der Waals surface area contributed by atoms with Gasteiger partial charge in [-0.3, -0.25) is 4.79 Å². The number of carboxylic acid groups (broad SMARTS) is 1. The molecule has 2 rings (SSSR count). The molecule has 0 saturated heterocycles. The first kappa shape index (κ1) is 14.8. The van der Waals surface area contributed by atoms with Crippen LogP contribution in [-0.2, 0) is 11.3 Å². The fourth-order valence-electron chi connectivity index (χ4n) is 2.06. The summed E-state index contributed by atoms with van der Waals surface area (Å²) in [5, 5.41) is 10.2. The van der Waals surface area contributed by atoms with E-state index in [4.69, 9.17) is 16.7 Å². The Balaban J connectivity index is 2.19. The minimum Gasteiger partial charge on any atom is -0.481 e. The van der Waals surface area contributed by atoms with Crippen LogP contribution in [0.25, 0.3) is 10.9 Å². The van der Waals surface area contributed by atoms with Crippen LogP contribution in [0, 0.1) is 6.92 Å². The van der Waals surface area contributed by atoms with Crippen LogP contribution in [0.4, 0.5) is 0 Å². The predicted molar refractivity (Wildman–Crippen MR) is 80.1 cm³/mol. The number of hydrogen-bond donors (Lipinski definition) is 1. The van der Waals surface area contributed by atoms with Crippen molar-refractivity contribution in [2.24, 2.45) is 0 Å². The number of halogens is 1. The highest BCUT2D eigenvalue weighted by molar-refractivity contribution is 6.30. The van der Waals surface area contributed by atoms with Crippen LogP contribution >= 0.6 is 11.6 Å². The van der Waals surface area contributed by atoms with E-state index in [1.54, 1.807) is 0 Å². The zero-order valence-corrected chi connectivity index (χ0v) is 12.3. The van der Waals surface area contributed by atoms with E-state index < -0.39 is 5.97 Å². The van der Waals surface area contributed by atoms with Crippen LogP contribution in [0.3, 0.4) is 0 Å². The Morgan fingerprint density at radius 1 is 1.40 bits per heavy atom. The lowest BCUT2D eigenvalue weighted by Gasteiger charge is -2.16. The number of carboxylic acids is 1. The SMILES string of the molecule is Cc1ccc2cc(CN(C)CCC(=O)O)c(Cl)nc2c1. The van der Waals surface area contributed by atoms with E-state index in [1.807, 2.05) is 43.1 Å². The smallest absolute Gasteiger partial charge is 0.304 e. The van der Waals surface area contributed by atoms with Crippen LogP contribution in [0.15, 0.2) is 24.3 Å². The van der Waals surface area contributed by atoms with E-state index in [0.29, 0.717) is 18.2 Å². The molecule has 0 aliphatic heterocycles. The third kappa shape index (κ3) is 3.68. The van der Waals surface area contributed by atoms with Gasteiger partial charge in [-0.15, -0.1) is 0 Å². The molecule has 2 aromatic rings. The molecule has 1 aromatic heterocycles. The van der Waals surface area contributed by atoms with Crippen molar-refractivity contribution in [3.8, 4) is 0 Å². The standard InChI is InChI=1S/C15H17ClN2O2/c1-10-3-4-11-8-12(15(16)17-13(11)7-10)9-18(2)6-5-14(19)20/h3-4,7-8H,5-6,9H2,1-2H3,(H,19,20). The Labute approximate surface area is 123 Å². The molecule has 0 amide bonds. The second kappa shape index (κ2) is 6.20. The molecule has 0 bridgehead atoms. The van der Waals surface area contributed by atoms with Crippen LogP contribution in [0.1, 0.15) is 17.5 Å². The molecule has 1 heterocycles. The molecule has 1 N–H and O–H groups in total. The molecule has 20 heavy (non-hydrogen) atoms. The number of benzene rings is 1. The van der Waals surface area contributed by atoms with Crippen LogP contribution in [0.5, 0.6) is 0 Å². The van der Waals surface area contributed by atoms with Crippen LogP contribution in [0.2, 0.25) is 5.15 Å². The maximum absolute atomic E-state index is 10.6. The van der Waals surface area contributed by atoms with Crippen molar-refractivity contribution in [3.05, 3.63) is 40.5 Å². The van der Waals surface area contributed by atoms with Crippen molar-refractivity contribution in [1.82, 2.24) is 9.88 Å². The van der Waals surface area contributed by atoms with Gasteiger partial charge >= 0.3 is 5.97 Å². The fourth-order valence-corrected chi connectivity index (χ4v) is 2.27. The molecule has 106 valence electrons. The maximum atomic E-state index is 10.6. The molecule has 0 saturated carbocycles. The number of nitrogens with zero attached hydrogens (tertiary/aromatic N) is 2. The number of aliphatic carboxylic acids is 1. The van der Waals surface area contributed by atoms with Crippen molar-refractivity contribution >= 4 is 28.5 Å². The van der Waals surface area contributed by atoms with Gasteiger partial charge < -0.3 is 10.0 Å². The van der Waals surface area contributed by atoms with Gasteiger partial charge in [-0.2, -0.15) is 0 Å². The highest BCUT2D eigenvalue weighted by Gasteiger charge is 2.09. The zero-order valence-electron chi connectivity index (χ0n) is 11.6. The summed E-state index contributed by atoms with van der Waals surface area (Å²) in [5.41, 5.74) is 2.94. The predicted octanol–water partition coefficient (Wildman–Crippen LogP) is 3.10. The minimum atomic E-state index is -0.796. The number of hydrogen-bond acceptors (Lipinski definition) is 3. The minimum absolute atomic E-state index is 0.119. The van der Waals surface area contributed by atoms with E-state index in [0.717, 1.165) is 22.0 Å². The summed E-state index contributed by atoms with van der Waals surface area (Å²) in [4.78, 5) is 16.9. The molecule has 0 atom stereocenters. The van der Waals surface area contributed by atoms with E-state index in [9.17, 15) is 4.79 Å². The molecule has 0 aliphatic carbocycles. The number of rotatable bonds is 5. The summed E-state index contributed by atoms with van der Waals surface area (Å²) in [6.45, 7) is 3.09. The highest BCUT2D eigenvalue weighted by Crippen LogP contribution is 2.22. The van der Waals surface area contributed by atoms with E-state index in [1.165, 1.54) is 0 Å². The summed E-state index contributed by atoms with van der Waals surface area (Å²) in [6.07, 6.45) is 0.119. The number of carbonyl (C=O) groups is 1. The highest BCUT2D eigenvalue weighted by atomic mass is 35.5. The third-order valence-corrected chi connectivity index (χ3v) is 3.47. The second-order valence-electron chi connectivity index (χ2n) is 5.02. The molecule has 0 fully saturated rings. The molecule has 4 nitrogen and oxygen atoms in total. The molecule has 0 radical (unpaired) electrons. The van der Waals surface area contributed by atoms with Crippen molar-refractivity contribution in [3.63, 3.8) is 0 Å². The molecule has 0 spiro atoms. The van der Waals surface area contributed by atoms with Gasteiger partial charge in [-0.25, -0.2) is 4.98 Å². The second-order valence-corrected chi connectivity index (χ2v) is 5.37. The quantitative estimate of drug-likeness (QED) is 0.860. The van der Waals surface area contributed by atoms with Crippen LogP contribution in [-0.4, -0.2) is 34.6 Å².